The lowest BCUT2D eigenvalue weighted by atomic mass is 9.87. The van der Waals surface area contributed by atoms with Gasteiger partial charge in [-0.05, 0) is 12.1 Å². The molecule has 1 aromatic carbocycles. The van der Waals surface area contributed by atoms with Crippen LogP contribution in [-0.4, -0.2) is 38.6 Å². The van der Waals surface area contributed by atoms with E-state index in [0.717, 1.165) is 0 Å². The second-order valence-electron chi connectivity index (χ2n) is 4.35. The van der Waals surface area contributed by atoms with Gasteiger partial charge < -0.3 is 19.9 Å². The molecule has 0 aliphatic carbocycles. The highest BCUT2D eigenvalue weighted by Gasteiger charge is 2.37. The van der Waals surface area contributed by atoms with E-state index in [-0.39, 0.29) is 17.8 Å². The Morgan fingerprint density at radius 1 is 1.53 bits per heavy atom. The second kappa shape index (κ2) is 4.89. The average molecular weight is 241 g/mol. The van der Waals surface area contributed by atoms with Crippen LogP contribution in [0.2, 0.25) is 0 Å². The number of nitrogens with one attached hydrogen (secondary N) is 1. The van der Waals surface area contributed by atoms with Gasteiger partial charge in [0, 0.05) is 12.6 Å². The van der Waals surface area contributed by atoms with Crippen molar-refractivity contribution in [3.63, 3.8) is 0 Å². The maximum absolute atomic E-state index is 13.1. The third kappa shape index (κ3) is 2.50. The maximum Gasteiger partial charge on any atom is 0.142 e. The summed E-state index contributed by atoms with van der Waals surface area (Å²) in [4.78, 5) is 0. The molecule has 0 aromatic heterocycles. The Morgan fingerprint density at radius 2 is 2.29 bits per heavy atom. The summed E-state index contributed by atoms with van der Waals surface area (Å²) in [5.41, 5.74) is 0.337. The predicted octanol–water partition coefficient (Wildman–Crippen LogP) is 1.26. The molecule has 0 radical (unpaired) electrons. The van der Waals surface area contributed by atoms with Crippen LogP contribution in [0.1, 0.15) is 0 Å². The molecule has 0 unspecified atom stereocenters. The molecule has 94 valence electrons. The highest BCUT2D eigenvalue weighted by Crippen LogP contribution is 2.30. The van der Waals surface area contributed by atoms with E-state index >= 15 is 0 Å². The third-order valence-electron chi connectivity index (χ3n) is 2.97. The Morgan fingerprint density at radius 3 is 2.82 bits per heavy atom. The summed E-state index contributed by atoms with van der Waals surface area (Å²) in [5.74, 6) is 0.260. The quantitative estimate of drug-likeness (QED) is 0.814. The lowest BCUT2D eigenvalue weighted by Crippen LogP contribution is -2.50. The summed E-state index contributed by atoms with van der Waals surface area (Å²) >= 11 is 0. The summed E-state index contributed by atoms with van der Waals surface area (Å²) < 4.78 is 23.3. The van der Waals surface area contributed by atoms with E-state index < -0.39 is 0 Å². The fourth-order valence-corrected chi connectivity index (χ4v) is 1.74. The largest absolute Gasteiger partial charge is 0.495 e. The smallest absolute Gasteiger partial charge is 0.142 e. The van der Waals surface area contributed by atoms with Gasteiger partial charge in [0.25, 0.3) is 0 Å². The zero-order valence-corrected chi connectivity index (χ0v) is 9.70. The van der Waals surface area contributed by atoms with Crippen molar-refractivity contribution in [1.29, 1.82) is 0 Å². The van der Waals surface area contributed by atoms with Crippen LogP contribution in [-0.2, 0) is 4.74 Å². The number of hydrogen-bond acceptors (Lipinski definition) is 4. The highest BCUT2D eigenvalue weighted by atomic mass is 19.1. The normalized spacial score (nSPS) is 17.4. The first-order valence-corrected chi connectivity index (χ1v) is 5.45. The number of rotatable bonds is 5. The molecule has 0 atom stereocenters. The van der Waals surface area contributed by atoms with E-state index in [1.807, 2.05) is 0 Å². The fourth-order valence-electron chi connectivity index (χ4n) is 1.74. The minimum absolute atomic E-state index is 0.0532. The molecule has 1 aliphatic heterocycles. The van der Waals surface area contributed by atoms with Gasteiger partial charge in [-0.2, -0.15) is 0 Å². The molecule has 1 saturated heterocycles. The van der Waals surface area contributed by atoms with E-state index in [1.54, 1.807) is 6.07 Å². The average Bonchev–Trinajstić information content (AvgIpc) is 2.28. The van der Waals surface area contributed by atoms with Gasteiger partial charge in [0.2, 0.25) is 0 Å². The number of aliphatic hydroxyl groups excluding tert-OH is 1. The van der Waals surface area contributed by atoms with Crippen molar-refractivity contribution in [1.82, 2.24) is 0 Å². The van der Waals surface area contributed by atoms with E-state index in [1.165, 1.54) is 19.2 Å². The van der Waals surface area contributed by atoms with Gasteiger partial charge in [0.1, 0.15) is 11.6 Å². The summed E-state index contributed by atoms with van der Waals surface area (Å²) in [6, 6.07) is 4.29. The molecule has 2 N–H and O–H groups in total. The maximum atomic E-state index is 13.1. The number of anilines is 1. The van der Waals surface area contributed by atoms with E-state index in [9.17, 15) is 9.50 Å². The summed E-state index contributed by atoms with van der Waals surface area (Å²) in [7, 11) is 1.53. The molecule has 0 spiro atoms. The summed E-state index contributed by atoms with van der Waals surface area (Å²) in [6.45, 7) is 1.63. The molecule has 5 heteroatoms. The van der Waals surface area contributed by atoms with Crippen LogP contribution >= 0.6 is 0 Å². The van der Waals surface area contributed by atoms with Crippen molar-refractivity contribution in [2.75, 3.05) is 38.8 Å². The first-order chi connectivity index (χ1) is 8.19. The van der Waals surface area contributed by atoms with Gasteiger partial charge >= 0.3 is 0 Å². The number of methoxy groups -OCH3 is 1. The van der Waals surface area contributed by atoms with Crippen molar-refractivity contribution in [2.24, 2.45) is 5.41 Å². The second-order valence-corrected chi connectivity index (χ2v) is 4.35. The lowest BCUT2D eigenvalue weighted by molar-refractivity contribution is -0.128. The number of halogens is 1. The van der Waals surface area contributed by atoms with Crippen LogP contribution in [0.3, 0.4) is 0 Å². The zero-order valence-electron chi connectivity index (χ0n) is 9.70. The topological polar surface area (TPSA) is 50.7 Å². The molecule has 1 aliphatic rings. The molecule has 1 fully saturated rings. The van der Waals surface area contributed by atoms with Crippen LogP contribution in [0.15, 0.2) is 18.2 Å². The van der Waals surface area contributed by atoms with Crippen LogP contribution in [0.5, 0.6) is 5.75 Å². The third-order valence-corrected chi connectivity index (χ3v) is 2.97. The number of aliphatic hydroxyl groups is 1. The standard InChI is InChI=1S/C12H16FNO3/c1-16-11-3-2-9(13)4-10(11)14-5-12(6-15)7-17-8-12/h2-4,14-15H,5-8H2,1H3. The Labute approximate surface area is 99.4 Å². The van der Waals surface area contributed by atoms with Crippen molar-refractivity contribution < 1.29 is 19.0 Å². The Kier molecular flexibility index (Phi) is 3.49. The number of ether oxygens (including phenoxy) is 2. The first-order valence-electron chi connectivity index (χ1n) is 5.45. The van der Waals surface area contributed by atoms with Gasteiger partial charge in [0.15, 0.2) is 0 Å². The van der Waals surface area contributed by atoms with E-state index in [4.69, 9.17) is 9.47 Å². The molecular weight excluding hydrogens is 225 g/mol. The predicted molar refractivity (Wildman–Crippen MR) is 61.8 cm³/mol. The van der Waals surface area contributed by atoms with E-state index in [0.29, 0.717) is 31.2 Å². The Balaban J connectivity index is 2.05. The van der Waals surface area contributed by atoms with Gasteiger partial charge in [-0.3, -0.25) is 0 Å². The molecule has 1 aromatic rings. The molecule has 17 heavy (non-hydrogen) atoms. The van der Waals surface area contributed by atoms with E-state index in [2.05, 4.69) is 5.32 Å². The molecule has 0 saturated carbocycles. The zero-order chi connectivity index (χ0) is 12.3. The van der Waals surface area contributed by atoms with Crippen molar-refractivity contribution in [3.05, 3.63) is 24.0 Å². The van der Waals surface area contributed by atoms with Crippen LogP contribution < -0.4 is 10.1 Å². The van der Waals surface area contributed by atoms with Gasteiger partial charge in [-0.15, -0.1) is 0 Å². The SMILES string of the molecule is COc1ccc(F)cc1NCC1(CO)COC1. The monoisotopic (exact) mass is 241 g/mol. The molecule has 2 rings (SSSR count). The minimum atomic E-state index is -0.323. The van der Waals surface area contributed by atoms with Crippen molar-refractivity contribution in [3.8, 4) is 5.75 Å². The first kappa shape index (κ1) is 12.1. The fraction of sp³-hybridized carbons (Fsp3) is 0.500. The lowest BCUT2D eigenvalue weighted by Gasteiger charge is -2.40. The minimum Gasteiger partial charge on any atom is -0.495 e. The van der Waals surface area contributed by atoms with Gasteiger partial charge in [-0.1, -0.05) is 0 Å². The van der Waals surface area contributed by atoms with Crippen LogP contribution in [0.4, 0.5) is 10.1 Å². The number of hydrogen-bond donors (Lipinski definition) is 2. The molecule has 4 nitrogen and oxygen atoms in total. The summed E-state index contributed by atoms with van der Waals surface area (Å²) in [6.07, 6.45) is 0. The molecular formula is C12H16FNO3. The Bertz CT molecular complexity index is 388. The number of benzene rings is 1. The van der Waals surface area contributed by atoms with Crippen molar-refractivity contribution in [2.45, 2.75) is 0 Å². The van der Waals surface area contributed by atoms with Gasteiger partial charge in [0.05, 0.1) is 38.0 Å². The van der Waals surface area contributed by atoms with Gasteiger partial charge in [-0.25, -0.2) is 4.39 Å². The van der Waals surface area contributed by atoms with Crippen LogP contribution in [0, 0.1) is 11.2 Å². The Hall–Kier alpha value is -1.33. The molecule has 1 heterocycles. The summed E-state index contributed by atoms with van der Waals surface area (Å²) in [5, 5.41) is 12.4. The van der Waals surface area contributed by atoms with Crippen molar-refractivity contribution >= 4 is 5.69 Å². The molecule has 0 bridgehead atoms. The van der Waals surface area contributed by atoms with Crippen LogP contribution in [0.25, 0.3) is 0 Å². The highest BCUT2D eigenvalue weighted by molar-refractivity contribution is 5.56. The molecule has 0 amide bonds.